The van der Waals surface area contributed by atoms with E-state index in [0.29, 0.717) is 5.96 Å². The molecular formula is C21H38N4Sn. The van der Waals surface area contributed by atoms with Crippen molar-refractivity contribution in [2.24, 2.45) is 16.5 Å². The monoisotopic (exact) mass is 466 g/mol. The van der Waals surface area contributed by atoms with Crippen molar-refractivity contribution < 1.29 is 0 Å². The summed E-state index contributed by atoms with van der Waals surface area (Å²) < 4.78 is 6.04. The van der Waals surface area contributed by atoms with E-state index in [2.05, 4.69) is 44.0 Å². The van der Waals surface area contributed by atoms with Crippen LogP contribution >= 0.6 is 0 Å². The number of nitrogens with two attached hydrogens (primary N) is 2. The van der Waals surface area contributed by atoms with Crippen molar-refractivity contribution in [2.45, 2.75) is 78.8 Å². The van der Waals surface area contributed by atoms with Crippen LogP contribution in [0.1, 0.15) is 71.0 Å². The second-order valence-electron chi connectivity index (χ2n) is 7.89. The predicted octanol–water partition coefficient (Wildman–Crippen LogP) is 4.59. The Morgan fingerprint density at radius 2 is 1.54 bits per heavy atom. The van der Waals surface area contributed by atoms with Gasteiger partial charge in [0.05, 0.1) is 0 Å². The molecule has 26 heavy (non-hydrogen) atoms. The molecule has 4 N–H and O–H groups in total. The summed E-state index contributed by atoms with van der Waals surface area (Å²) in [7, 11) is 1.91. The van der Waals surface area contributed by atoms with Crippen LogP contribution in [0, 0.1) is 0 Å². The Morgan fingerprint density at radius 1 is 1.00 bits per heavy atom. The van der Waals surface area contributed by atoms with Crippen molar-refractivity contribution in [3.05, 3.63) is 23.8 Å². The van der Waals surface area contributed by atoms with Gasteiger partial charge in [0.2, 0.25) is 0 Å². The number of benzene rings is 1. The first-order chi connectivity index (χ1) is 12.5. The molecule has 0 aliphatic carbocycles. The molecule has 146 valence electrons. The second kappa shape index (κ2) is 9.97. The van der Waals surface area contributed by atoms with E-state index in [1.807, 2.05) is 11.9 Å². The van der Waals surface area contributed by atoms with Crippen LogP contribution in [0.25, 0.3) is 0 Å². The van der Waals surface area contributed by atoms with E-state index < -0.39 is 18.4 Å². The van der Waals surface area contributed by atoms with Gasteiger partial charge >= 0.3 is 165 Å². The van der Waals surface area contributed by atoms with Crippen LogP contribution in [0.2, 0.25) is 13.3 Å². The number of guanidine groups is 1. The van der Waals surface area contributed by atoms with Crippen LogP contribution in [-0.4, -0.2) is 36.3 Å². The average molecular weight is 465 g/mol. The summed E-state index contributed by atoms with van der Waals surface area (Å²) in [6.07, 6.45) is 7.80. The molecule has 0 radical (unpaired) electrons. The Labute approximate surface area is 164 Å². The third-order valence-electron chi connectivity index (χ3n) is 6.00. The first-order valence-corrected chi connectivity index (χ1v) is 17.9. The molecule has 4 nitrogen and oxygen atoms in total. The number of hydrogen-bond donors (Lipinski definition) is 2. The van der Waals surface area contributed by atoms with Gasteiger partial charge in [-0.15, -0.1) is 0 Å². The quantitative estimate of drug-likeness (QED) is 0.497. The fourth-order valence-corrected chi connectivity index (χ4v) is 20.1. The Balaban J connectivity index is 2.45. The molecule has 2 rings (SSSR count). The molecule has 1 aliphatic heterocycles. The Bertz CT molecular complexity index is 592. The van der Waals surface area contributed by atoms with Crippen molar-refractivity contribution in [2.75, 3.05) is 7.05 Å². The Morgan fingerprint density at radius 3 is 2.04 bits per heavy atom. The molecule has 0 saturated carbocycles. The zero-order valence-electron chi connectivity index (χ0n) is 17.2. The van der Waals surface area contributed by atoms with E-state index in [0.717, 1.165) is 11.3 Å². The SMILES string of the molecule is CCC[CH2][Sn]([CH2]CCC)([CH2]CCC)[c]1ccc2c(c1)N=C(N)N(C)C2N. The average Bonchev–Trinajstić information content (AvgIpc) is 2.65. The van der Waals surface area contributed by atoms with Crippen LogP contribution in [0.15, 0.2) is 23.2 Å². The minimum atomic E-state index is -2.43. The van der Waals surface area contributed by atoms with Gasteiger partial charge in [0, 0.05) is 0 Å². The zero-order valence-corrected chi connectivity index (χ0v) is 20.1. The van der Waals surface area contributed by atoms with E-state index in [9.17, 15) is 0 Å². The van der Waals surface area contributed by atoms with Gasteiger partial charge in [-0.2, -0.15) is 0 Å². The summed E-state index contributed by atoms with van der Waals surface area (Å²) in [6.45, 7) is 6.97. The fourth-order valence-electron chi connectivity index (χ4n) is 4.13. The predicted molar refractivity (Wildman–Crippen MR) is 117 cm³/mol. The van der Waals surface area contributed by atoms with Crippen LogP contribution in [0.5, 0.6) is 0 Å². The van der Waals surface area contributed by atoms with Gasteiger partial charge in [-0.05, 0) is 0 Å². The molecule has 0 aromatic heterocycles. The number of unbranched alkanes of at least 4 members (excludes halogenated alkanes) is 3. The van der Waals surface area contributed by atoms with Crippen molar-refractivity contribution in [3.8, 4) is 0 Å². The Kier molecular flexibility index (Phi) is 8.27. The van der Waals surface area contributed by atoms with Gasteiger partial charge in [-0.3, -0.25) is 0 Å². The second-order valence-corrected chi connectivity index (χ2v) is 21.1. The van der Waals surface area contributed by atoms with Crippen molar-refractivity contribution in [1.29, 1.82) is 0 Å². The van der Waals surface area contributed by atoms with E-state index in [1.54, 1.807) is 3.58 Å². The third kappa shape index (κ3) is 4.74. The summed E-state index contributed by atoms with van der Waals surface area (Å²) in [6, 6.07) is 7.00. The maximum atomic E-state index is 6.36. The number of aliphatic imine (C=N–C) groups is 1. The molecule has 1 atom stereocenters. The van der Waals surface area contributed by atoms with Crippen LogP contribution in [0.3, 0.4) is 0 Å². The molecule has 0 fully saturated rings. The summed E-state index contributed by atoms with van der Waals surface area (Å²) >= 11 is -2.43. The summed E-state index contributed by atoms with van der Waals surface area (Å²) in [4.78, 5) is 6.52. The van der Waals surface area contributed by atoms with E-state index in [-0.39, 0.29) is 6.17 Å². The van der Waals surface area contributed by atoms with Gasteiger partial charge in [0.15, 0.2) is 0 Å². The topological polar surface area (TPSA) is 67.6 Å². The molecule has 1 unspecified atom stereocenters. The molecule has 1 aromatic rings. The van der Waals surface area contributed by atoms with Crippen molar-refractivity contribution in [3.63, 3.8) is 0 Å². The minimum absolute atomic E-state index is 0.192. The van der Waals surface area contributed by atoms with Crippen molar-refractivity contribution >= 4 is 33.6 Å². The van der Waals surface area contributed by atoms with E-state index in [4.69, 9.17) is 11.5 Å². The van der Waals surface area contributed by atoms with Gasteiger partial charge in [-0.1, -0.05) is 0 Å². The molecule has 1 aromatic carbocycles. The zero-order chi connectivity index (χ0) is 19.2. The molecule has 0 saturated heterocycles. The standard InChI is InChI=1S/C9H11N4.3C4H9.Sn/c1-13-8(10)6-4-2-3-5-7(6)12-9(13)11;3*1-3-4-2;/h2,4-5,8H,10H2,1H3,(H2,11,12);3*1,3-4H2,2H3;. The number of hydrogen-bond acceptors (Lipinski definition) is 4. The molecule has 1 heterocycles. The molecule has 5 heteroatoms. The number of nitrogens with zero attached hydrogens (tertiary/aromatic N) is 2. The molecule has 0 spiro atoms. The summed E-state index contributed by atoms with van der Waals surface area (Å²) in [5.74, 6) is 0.527. The molecular weight excluding hydrogens is 427 g/mol. The number of fused-ring (bicyclic) bond motifs is 1. The Hall–Kier alpha value is -0.751. The van der Waals surface area contributed by atoms with Crippen molar-refractivity contribution in [1.82, 2.24) is 4.90 Å². The van der Waals surface area contributed by atoms with Gasteiger partial charge in [0.25, 0.3) is 0 Å². The molecule has 0 amide bonds. The number of rotatable bonds is 10. The van der Waals surface area contributed by atoms with Crippen LogP contribution < -0.4 is 15.0 Å². The molecule has 1 aliphatic rings. The molecule has 0 bridgehead atoms. The van der Waals surface area contributed by atoms with Gasteiger partial charge < -0.3 is 0 Å². The van der Waals surface area contributed by atoms with Crippen LogP contribution in [0.4, 0.5) is 5.69 Å². The third-order valence-corrected chi connectivity index (χ3v) is 21.6. The summed E-state index contributed by atoms with van der Waals surface area (Å²) in [5, 5.41) is 0. The van der Waals surface area contributed by atoms with E-state index in [1.165, 1.54) is 51.8 Å². The van der Waals surface area contributed by atoms with Gasteiger partial charge in [-0.25, -0.2) is 0 Å². The van der Waals surface area contributed by atoms with E-state index >= 15 is 0 Å². The normalized spacial score (nSPS) is 17.2. The first kappa shape index (κ1) is 21.5. The van der Waals surface area contributed by atoms with Crippen LogP contribution in [-0.2, 0) is 0 Å². The first-order valence-electron chi connectivity index (χ1n) is 10.5. The van der Waals surface area contributed by atoms with Gasteiger partial charge in [0.1, 0.15) is 0 Å². The maximum absolute atomic E-state index is 6.36. The fraction of sp³-hybridized carbons (Fsp3) is 0.667. The summed E-state index contributed by atoms with van der Waals surface area (Å²) in [5.41, 5.74) is 14.6.